The molecule has 2 fully saturated rings. The van der Waals surface area contributed by atoms with Gasteiger partial charge in [-0.15, -0.1) is 0 Å². The highest BCUT2D eigenvalue weighted by atomic mass is 35.5. The van der Waals surface area contributed by atoms with Crippen LogP contribution in [0.3, 0.4) is 0 Å². The molecule has 6 rings (SSSR count). The molecule has 2 N–H and O–H groups in total. The van der Waals surface area contributed by atoms with Crippen molar-refractivity contribution >= 4 is 29.1 Å². The summed E-state index contributed by atoms with van der Waals surface area (Å²) in [7, 11) is 3.18. The highest BCUT2D eigenvalue weighted by Gasteiger charge is 2.22. The van der Waals surface area contributed by atoms with Gasteiger partial charge in [-0.2, -0.15) is 0 Å². The highest BCUT2D eigenvalue weighted by molar-refractivity contribution is 6.39. The zero-order valence-corrected chi connectivity index (χ0v) is 28.0. The molecule has 47 heavy (non-hydrogen) atoms. The molecule has 0 spiro atoms. The number of rotatable bonds is 12. The van der Waals surface area contributed by atoms with E-state index in [1.54, 1.807) is 26.6 Å². The first kappa shape index (κ1) is 33.1. The van der Waals surface area contributed by atoms with Gasteiger partial charge in [0.15, 0.2) is 0 Å². The lowest BCUT2D eigenvalue weighted by molar-refractivity contribution is -0.119. The van der Waals surface area contributed by atoms with E-state index in [2.05, 4.69) is 20.6 Å². The standard InChI is InChI=1S/C35H38Cl2N6O4/c1-45-34-27(11-3-6-22-12-13-31(44)41-22)39-18-28(42-34)25-9-4-7-23(32(25)36)24-8-5-10-26(33(24)37)29-19-40-30(35(43-29)46-2)20-38-21-14-16-47-17-15-21/h4-5,7-10,18-19,21-22,38H,3,6,11-17,20H2,1-2H3,(H,41,44)/t22-/m1/s1. The summed E-state index contributed by atoms with van der Waals surface area (Å²) in [5, 5.41) is 7.54. The molecule has 0 aliphatic carbocycles. The molecular weight excluding hydrogens is 639 g/mol. The fourth-order valence-electron chi connectivity index (χ4n) is 6.10. The molecule has 4 heterocycles. The Labute approximate surface area is 284 Å². The van der Waals surface area contributed by atoms with Crippen LogP contribution < -0.4 is 20.1 Å². The van der Waals surface area contributed by atoms with Crippen molar-refractivity contribution < 1.29 is 19.0 Å². The van der Waals surface area contributed by atoms with Crippen molar-refractivity contribution in [3.8, 4) is 45.4 Å². The van der Waals surface area contributed by atoms with E-state index in [1.165, 1.54) is 0 Å². The van der Waals surface area contributed by atoms with Gasteiger partial charge in [0, 0.05) is 60.5 Å². The van der Waals surface area contributed by atoms with E-state index in [4.69, 9.17) is 47.4 Å². The van der Waals surface area contributed by atoms with Crippen LogP contribution in [0.4, 0.5) is 0 Å². The number of aromatic nitrogens is 4. The Morgan fingerprint density at radius 2 is 1.43 bits per heavy atom. The summed E-state index contributed by atoms with van der Waals surface area (Å²) >= 11 is 14.1. The predicted molar refractivity (Wildman–Crippen MR) is 182 cm³/mol. The number of ether oxygens (including phenoxy) is 3. The minimum atomic E-state index is 0.126. The van der Waals surface area contributed by atoms with Gasteiger partial charge in [-0.3, -0.25) is 14.8 Å². The van der Waals surface area contributed by atoms with Gasteiger partial charge in [0.05, 0.1) is 48.0 Å². The predicted octanol–water partition coefficient (Wildman–Crippen LogP) is 6.46. The maximum Gasteiger partial charge on any atom is 0.237 e. The molecule has 1 amide bonds. The molecule has 2 saturated heterocycles. The summed E-state index contributed by atoms with van der Waals surface area (Å²) in [4.78, 5) is 30.4. The Kier molecular flexibility index (Phi) is 10.8. The van der Waals surface area contributed by atoms with Gasteiger partial charge in [-0.25, -0.2) is 9.97 Å². The van der Waals surface area contributed by atoms with Crippen molar-refractivity contribution in [3.63, 3.8) is 0 Å². The molecule has 0 unspecified atom stereocenters. The van der Waals surface area contributed by atoms with Crippen LogP contribution in [0.15, 0.2) is 48.8 Å². The van der Waals surface area contributed by atoms with Gasteiger partial charge in [-0.1, -0.05) is 59.6 Å². The topological polar surface area (TPSA) is 120 Å². The third kappa shape index (κ3) is 7.67. The Bertz CT molecular complexity index is 1730. The lowest BCUT2D eigenvalue weighted by Gasteiger charge is -2.23. The van der Waals surface area contributed by atoms with E-state index in [9.17, 15) is 4.79 Å². The third-order valence-electron chi connectivity index (χ3n) is 8.68. The summed E-state index contributed by atoms with van der Waals surface area (Å²) in [6, 6.07) is 12.1. The summed E-state index contributed by atoms with van der Waals surface area (Å²) < 4.78 is 16.7. The minimum absolute atomic E-state index is 0.126. The molecule has 2 aliphatic heterocycles. The second-order valence-electron chi connectivity index (χ2n) is 11.7. The SMILES string of the molecule is COc1nc(-c2cccc(-c3cccc(-c4cnc(CNC5CCOCC5)c(OC)n4)c3Cl)c2Cl)cnc1CCC[C@@H]1CCC(=O)N1. The number of amides is 1. The monoisotopic (exact) mass is 676 g/mol. The van der Waals surface area contributed by atoms with Gasteiger partial charge < -0.3 is 24.8 Å². The van der Waals surface area contributed by atoms with Crippen molar-refractivity contribution in [1.29, 1.82) is 0 Å². The zero-order chi connectivity index (χ0) is 32.8. The van der Waals surface area contributed by atoms with Crippen LogP contribution in [0, 0.1) is 0 Å². The summed E-state index contributed by atoms with van der Waals surface area (Å²) in [5.74, 6) is 1.03. The summed E-state index contributed by atoms with van der Waals surface area (Å²) in [6.45, 7) is 2.07. The Morgan fingerprint density at radius 1 is 0.851 bits per heavy atom. The Morgan fingerprint density at radius 3 is 2.00 bits per heavy atom. The third-order valence-corrected chi connectivity index (χ3v) is 9.49. The molecule has 10 nitrogen and oxygen atoms in total. The van der Waals surface area contributed by atoms with Crippen LogP contribution in [0.25, 0.3) is 33.6 Å². The largest absolute Gasteiger partial charge is 0.480 e. The fraction of sp³-hybridized carbons (Fsp3) is 0.400. The fourth-order valence-corrected chi connectivity index (χ4v) is 6.75. The van der Waals surface area contributed by atoms with Gasteiger partial charge in [0.25, 0.3) is 0 Å². The average molecular weight is 678 g/mol. The Hall–Kier alpha value is -3.83. The molecule has 4 aromatic rings. The molecule has 0 bridgehead atoms. The number of methoxy groups -OCH3 is 2. The number of carbonyl (C=O) groups excluding carboxylic acids is 1. The molecule has 12 heteroatoms. The minimum Gasteiger partial charge on any atom is -0.480 e. The molecule has 2 aromatic carbocycles. The first-order chi connectivity index (χ1) is 22.9. The lowest BCUT2D eigenvalue weighted by Crippen LogP contribution is -2.34. The summed E-state index contributed by atoms with van der Waals surface area (Å²) in [6.07, 6.45) is 9.31. The van der Waals surface area contributed by atoms with E-state index < -0.39 is 0 Å². The van der Waals surface area contributed by atoms with Crippen molar-refractivity contribution in [3.05, 3.63) is 70.2 Å². The first-order valence-electron chi connectivity index (χ1n) is 15.9. The number of nitrogens with zero attached hydrogens (tertiary/aromatic N) is 4. The number of nitrogens with one attached hydrogen (secondary N) is 2. The van der Waals surface area contributed by atoms with E-state index in [0.29, 0.717) is 69.7 Å². The van der Waals surface area contributed by atoms with E-state index in [-0.39, 0.29) is 11.9 Å². The zero-order valence-electron chi connectivity index (χ0n) is 26.5. The van der Waals surface area contributed by atoms with E-state index >= 15 is 0 Å². The highest BCUT2D eigenvalue weighted by Crippen LogP contribution is 2.42. The second-order valence-corrected chi connectivity index (χ2v) is 12.5. The molecule has 0 saturated carbocycles. The average Bonchev–Trinajstić information content (AvgIpc) is 3.52. The maximum atomic E-state index is 11.5. The number of aryl methyl sites for hydroxylation is 1. The van der Waals surface area contributed by atoms with Crippen molar-refractivity contribution in [1.82, 2.24) is 30.6 Å². The van der Waals surface area contributed by atoms with Crippen molar-refractivity contribution in [2.24, 2.45) is 0 Å². The van der Waals surface area contributed by atoms with Crippen LogP contribution in [-0.4, -0.2) is 65.4 Å². The van der Waals surface area contributed by atoms with Crippen molar-refractivity contribution in [2.75, 3.05) is 27.4 Å². The molecule has 1 atom stereocenters. The molecular formula is C35H38Cl2N6O4. The van der Waals surface area contributed by atoms with Gasteiger partial charge in [0.2, 0.25) is 17.7 Å². The van der Waals surface area contributed by atoms with Crippen LogP contribution in [0.1, 0.15) is 49.9 Å². The maximum absolute atomic E-state index is 11.5. The first-order valence-corrected chi connectivity index (χ1v) is 16.7. The van der Waals surface area contributed by atoms with E-state index in [0.717, 1.165) is 67.8 Å². The van der Waals surface area contributed by atoms with E-state index in [1.807, 2.05) is 36.4 Å². The quantitative estimate of drug-likeness (QED) is 0.174. The summed E-state index contributed by atoms with van der Waals surface area (Å²) in [5.41, 5.74) is 5.60. The Balaban J connectivity index is 1.22. The molecule has 246 valence electrons. The second kappa shape index (κ2) is 15.4. The van der Waals surface area contributed by atoms with Gasteiger partial charge in [-0.05, 0) is 38.5 Å². The molecule has 2 aliphatic rings. The van der Waals surface area contributed by atoms with Crippen molar-refractivity contribution in [2.45, 2.75) is 63.6 Å². The van der Waals surface area contributed by atoms with Crippen LogP contribution >= 0.6 is 23.2 Å². The number of benzene rings is 2. The number of hydrogen-bond acceptors (Lipinski definition) is 9. The van der Waals surface area contributed by atoms with Crippen LogP contribution in [0.2, 0.25) is 10.0 Å². The van der Waals surface area contributed by atoms with Gasteiger partial charge in [0.1, 0.15) is 11.4 Å². The molecule has 2 aromatic heterocycles. The normalized spacial score (nSPS) is 16.7. The smallest absolute Gasteiger partial charge is 0.237 e. The van der Waals surface area contributed by atoms with Crippen LogP contribution in [-0.2, 0) is 22.5 Å². The van der Waals surface area contributed by atoms with Crippen LogP contribution in [0.5, 0.6) is 11.8 Å². The number of hydrogen-bond donors (Lipinski definition) is 2. The number of carbonyl (C=O) groups is 1. The molecule has 0 radical (unpaired) electrons. The lowest BCUT2D eigenvalue weighted by atomic mass is 9.98. The van der Waals surface area contributed by atoms with Gasteiger partial charge >= 0.3 is 0 Å². The number of halogens is 2.